The minimum atomic E-state index is -0.867. The quantitative estimate of drug-likeness (QED) is 0.857. The van der Waals surface area contributed by atoms with Crippen LogP contribution in [0, 0.1) is 0 Å². The van der Waals surface area contributed by atoms with E-state index in [1.807, 2.05) is 22.9 Å². The molecule has 84 valence electrons. The molecular weight excluding hydrogens is 202 g/mol. The van der Waals surface area contributed by atoms with Gasteiger partial charge in [-0.2, -0.15) is 0 Å². The minimum Gasteiger partial charge on any atom is -0.478 e. The lowest BCUT2D eigenvalue weighted by atomic mass is 10.1. The van der Waals surface area contributed by atoms with Crippen LogP contribution in [0.5, 0.6) is 0 Å². The largest absolute Gasteiger partial charge is 0.478 e. The Morgan fingerprint density at radius 3 is 2.81 bits per heavy atom. The van der Waals surface area contributed by atoms with Crippen molar-refractivity contribution < 1.29 is 9.90 Å². The minimum absolute atomic E-state index is 0.318. The molecule has 1 aromatic heterocycles. The zero-order valence-corrected chi connectivity index (χ0v) is 9.47. The molecule has 0 saturated heterocycles. The fourth-order valence-electron chi connectivity index (χ4n) is 1.96. The SMILES string of the molecule is CCC(C)n1ccc2cccc(C(=O)O)c21. The van der Waals surface area contributed by atoms with Gasteiger partial charge in [0.1, 0.15) is 0 Å². The van der Waals surface area contributed by atoms with Crippen LogP contribution < -0.4 is 0 Å². The van der Waals surface area contributed by atoms with Crippen molar-refractivity contribution in [3.8, 4) is 0 Å². The smallest absolute Gasteiger partial charge is 0.337 e. The van der Waals surface area contributed by atoms with E-state index in [1.54, 1.807) is 12.1 Å². The first-order valence-electron chi connectivity index (χ1n) is 5.48. The molecule has 0 aliphatic rings. The highest BCUT2D eigenvalue weighted by Gasteiger charge is 2.14. The maximum atomic E-state index is 11.2. The van der Waals surface area contributed by atoms with E-state index in [-0.39, 0.29) is 0 Å². The second kappa shape index (κ2) is 4.00. The van der Waals surface area contributed by atoms with Gasteiger partial charge in [-0.15, -0.1) is 0 Å². The third-order valence-electron chi connectivity index (χ3n) is 3.04. The van der Waals surface area contributed by atoms with Crippen LogP contribution >= 0.6 is 0 Å². The van der Waals surface area contributed by atoms with Crippen molar-refractivity contribution in [1.29, 1.82) is 0 Å². The fraction of sp³-hybridized carbons (Fsp3) is 0.308. The molecule has 0 aliphatic carbocycles. The van der Waals surface area contributed by atoms with Crippen molar-refractivity contribution in [2.75, 3.05) is 0 Å². The van der Waals surface area contributed by atoms with Crippen LogP contribution in [-0.4, -0.2) is 15.6 Å². The molecule has 1 atom stereocenters. The summed E-state index contributed by atoms with van der Waals surface area (Å²) in [5.41, 5.74) is 1.20. The highest BCUT2D eigenvalue weighted by Crippen LogP contribution is 2.25. The van der Waals surface area contributed by atoms with E-state index in [1.165, 1.54) is 0 Å². The number of benzene rings is 1. The van der Waals surface area contributed by atoms with Crippen molar-refractivity contribution >= 4 is 16.9 Å². The summed E-state index contributed by atoms with van der Waals surface area (Å²) in [4.78, 5) is 11.2. The molecule has 3 heteroatoms. The van der Waals surface area contributed by atoms with Crippen LogP contribution in [0.15, 0.2) is 30.5 Å². The number of nitrogens with zero attached hydrogens (tertiary/aromatic N) is 1. The van der Waals surface area contributed by atoms with Gasteiger partial charge in [0.05, 0.1) is 11.1 Å². The average Bonchev–Trinajstić information content (AvgIpc) is 2.71. The molecule has 1 heterocycles. The van der Waals surface area contributed by atoms with Gasteiger partial charge in [0.25, 0.3) is 0 Å². The van der Waals surface area contributed by atoms with Crippen LogP contribution in [0.3, 0.4) is 0 Å². The van der Waals surface area contributed by atoms with E-state index in [4.69, 9.17) is 5.11 Å². The van der Waals surface area contributed by atoms with Gasteiger partial charge in [0.2, 0.25) is 0 Å². The fourth-order valence-corrected chi connectivity index (χ4v) is 1.96. The number of hydrogen-bond acceptors (Lipinski definition) is 1. The van der Waals surface area contributed by atoms with Gasteiger partial charge in [0, 0.05) is 17.6 Å². The van der Waals surface area contributed by atoms with E-state index in [0.717, 1.165) is 17.3 Å². The molecule has 0 radical (unpaired) electrons. The number of carboxylic acids is 1. The Morgan fingerprint density at radius 1 is 1.44 bits per heavy atom. The maximum Gasteiger partial charge on any atom is 0.337 e. The van der Waals surface area contributed by atoms with Crippen LogP contribution in [0.4, 0.5) is 0 Å². The Kier molecular flexibility index (Phi) is 2.69. The number of hydrogen-bond donors (Lipinski definition) is 1. The van der Waals surface area contributed by atoms with Crippen LogP contribution in [0.1, 0.15) is 36.7 Å². The van der Waals surface area contributed by atoms with Gasteiger partial charge in [-0.1, -0.05) is 19.1 Å². The second-order valence-electron chi connectivity index (χ2n) is 4.03. The first kappa shape index (κ1) is 10.7. The zero-order valence-electron chi connectivity index (χ0n) is 9.47. The highest BCUT2D eigenvalue weighted by molar-refractivity contribution is 6.02. The molecule has 0 spiro atoms. The first-order chi connectivity index (χ1) is 7.65. The molecule has 1 unspecified atom stereocenters. The van der Waals surface area contributed by atoms with Gasteiger partial charge in [-0.25, -0.2) is 4.79 Å². The monoisotopic (exact) mass is 217 g/mol. The van der Waals surface area contributed by atoms with Crippen molar-refractivity contribution in [1.82, 2.24) is 4.57 Å². The summed E-state index contributed by atoms with van der Waals surface area (Å²) in [5, 5.41) is 10.2. The molecule has 2 aromatic rings. The van der Waals surface area contributed by atoms with Crippen molar-refractivity contribution in [3.05, 3.63) is 36.0 Å². The topological polar surface area (TPSA) is 42.2 Å². The number of rotatable bonds is 3. The number of aromatic nitrogens is 1. The summed E-state index contributed by atoms with van der Waals surface area (Å²) in [6.07, 6.45) is 2.95. The van der Waals surface area contributed by atoms with Gasteiger partial charge in [-0.05, 0) is 25.5 Å². The molecule has 16 heavy (non-hydrogen) atoms. The molecule has 3 nitrogen and oxygen atoms in total. The predicted octanol–water partition coefficient (Wildman–Crippen LogP) is 3.31. The van der Waals surface area contributed by atoms with Gasteiger partial charge in [0.15, 0.2) is 0 Å². The van der Waals surface area contributed by atoms with Gasteiger partial charge >= 0.3 is 5.97 Å². The van der Waals surface area contributed by atoms with Crippen LogP contribution in [0.2, 0.25) is 0 Å². The van der Waals surface area contributed by atoms with Crippen molar-refractivity contribution in [3.63, 3.8) is 0 Å². The number of carboxylic acid groups (broad SMARTS) is 1. The Morgan fingerprint density at radius 2 is 2.19 bits per heavy atom. The molecule has 1 N–H and O–H groups in total. The third kappa shape index (κ3) is 1.58. The van der Waals surface area contributed by atoms with E-state index in [0.29, 0.717) is 11.6 Å². The Balaban J connectivity index is 2.72. The number of carbonyl (C=O) groups is 1. The van der Waals surface area contributed by atoms with E-state index in [2.05, 4.69) is 13.8 Å². The van der Waals surface area contributed by atoms with Gasteiger partial charge < -0.3 is 9.67 Å². The van der Waals surface area contributed by atoms with E-state index < -0.39 is 5.97 Å². The lowest BCUT2D eigenvalue weighted by Gasteiger charge is -2.14. The molecule has 0 saturated carbocycles. The Bertz CT molecular complexity index is 528. The predicted molar refractivity (Wildman–Crippen MR) is 63.9 cm³/mol. The molecule has 0 aliphatic heterocycles. The summed E-state index contributed by atoms with van der Waals surface area (Å²) in [7, 11) is 0. The Labute approximate surface area is 94.3 Å². The zero-order chi connectivity index (χ0) is 11.7. The average molecular weight is 217 g/mol. The van der Waals surface area contributed by atoms with E-state index >= 15 is 0 Å². The molecule has 0 fully saturated rings. The molecule has 2 rings (SSSR count). The highest BCUT2D eigenvalue weighted by atomic mass is 16.4. The summed E-state index contributed by atoms with van der Waals surface area (Å²) < 4.78 is 2.04. The normalized spacial score (nSPS) is 12.9. The van der Waals surface area contributed by atoms with Crippen LogP contribution in [0.25, 0.3) is 10.9 Å². The molecular formula is C13H15NO2. The van der Waals surface area contributed by atoms with Crippen LogP contribution in [-0.2, 0) is 0 Å². The lowest BCUT2D eigenvalue weighted by Crippen LogP contribution is -2.06. The molecule has 0 amide bonds. The number of fused-ring (bicyclic) bond motifs is 1. The molecule has 0 bridgehead atoms. The summed E-state index contributed by atoms with van der Waals surface area (Å²) >= 11 is 0. The third-order valence-corrected chi connectivity index (χ3v) is 3.04. The summed E-state index contributed by atoms with van der Waals surface area (Å²) in [6.45, 7) is 4.19. The molecule has 1 aromatic carbocycles. The van der Waals surface area contributed by atoms with Crippen molar-refractivity contribution in [2.45, 2.75) is 26.3 Å². The number of aromatic carboxylic acids is 1. The summed E-state index contributed by atoms with van der Waals surface area (Å²) in [5.74, 6) is -0.867. The Hall–Kier alpha value is -1.77. The number of para-hydroxylation sites is 1. The maximum absolute atomic E-state index is 11.2. The second-order valence-corrected chi connectivity index (χ2v) is 4.03. The lowest BCUT2D eigenvalue weighted by molar-refractivity contribution is 0.0698. The van der Waals surface area contributed by atoms with Gasteiger partial charge in [-0.3, -0.25) is 0 Å². The standard InChI is InChI=1S/C13H15NO2/c1-3-9(2)14-8-7-10-5-4-6-11(12(10)14)13(15)16/h4-9H,3H2,1-2H3,(H,15,16). The first-order valence-corrected chi connectivity index (χ1v) is 5.48. The summed E-state index contributed by atoms with van der Waals surface area (Å²) in [6, 6.07) is 7.67. The van der Waals surface area contributed by atoms with Crippen molar-refractivity contribution in [2.24, 2.45) is 0 Å². The van der Waals surface area contributed by atoms with E-state index in [9.17, 15) is 4.79 Å².